The second-order valence-corrected chi connectivity index (χ2v) is 5.25. The fraction of sp³-hybridized carbons (Fsp3) is 0.500. The maximum atomic E-state index is 12.0. The van der Waals surface area contributed by atoms with Crippen LogP contribution in [0.2, 0.25) is 5.02 Å². The zero-order valence-corrected chi connectivity index (χ0v) is 12.7. The van der Waals surface area contributed by atoms with Crippen molar-refractivity contribution in [3.63, 3.8) is 0 Å². The third-order valence-corrected chi connectivity index (χ3v) is 3.59. The number of ether oxygens (including phenoxy) is 1. The van der Waals surface area contributed by atoms with Crippen molar-refractivity contribution < 1.29 is 9.53 Å². The largest absolute Gasteiger partial charge is 0.496 e. The number of hydrogen-bond acceptors (Lipinski definition) is 2. The van der Waals surface area contributed by atoms with Crippen LogP contribution in [0, 0.1) is 5.92 Å². The van der Waals surface area contributed by atoms with E-state index >= 15 is 0 Å². The average molecular weight is 304 g/mol. The van der Waals surface area contributed by atoms with Crippen molar-refractivity contribution in [3.05, 3.63) is 28.8 Å². The molecule has 0 aromatic heterocycles. The Bertz CT molecular complexity index is 424. The zero-order valence-electron chi connectivity index (χ0n) is 11.2. The van der Waals surface area contributed by atoms with Crippen molar-refractivity contribution in [2.45, 2.75) is 19.8 Å². The molecule has 0 radical (unpaired) electrons. The minimum Gasteiger partial charge on any atom is -0.496 e. The highest BCUT2D eigenvalue weighted by Crippen LogP contribution is 2.22. The van der Waals surface area contributed by atoms with Crippen molar-refractivity contribution in [1.82, 2.24) is 5.32 Å². The van der Waals surface area contributed by atoms with E-state index < -0.39 is 0 Å². The smallest absolute Gasteiger partial charge is 0.255 e. The highest BCUT2D eigenvalue weighted by atomic mass is 35.5. The summed E-state index contributed by atoms with van der Waals surface area (Å²) in [6, 6.07) is 4.99. The molecular weight excluding hydrogens is 285 g/mol. The van der Waals surface area contributed by atoms with Gasteiger partial charge in [-0.05, 0) is 37.0 Å². The minimum absolute atomic E-state index is 0.169. The Morgan fingerprint density at radius 2 is 2.21 bits per heavy atom. The van der Waals surface area contributed by atoms with Gasteiger partial charge < -0.3 is 10.1 Å². The van der Waals surface area contributed by atoms with Crippen LogP contribution in [0.4, 0.5) is 0 Å². The van der Waals surface area contributed by atoms with Crippen LogP contribution in [-0.4, -0.2) is 25.4 Å². The molecule has 1 atom stereocenters. The normalized spacial score (nSPS) is 12.0. The molecule has 1 amide bonds. The van der Waals surface area contributed by atoms with Crippen LogP contribution >= 0.6 is 23.2 Å². The quantitative estimate of drug-likeness (QED) is 0.615. The van der Waals surface area contributed by atoms with Crippen molar-refractivity contribution >= 4 is 29.1 Å². The molecule has 0 aliphatic rings. The Morgan fingerprint density at radius 3 is 2.84 bits per heavy atom. The molecule has 1 aromatic rings. The standard InChI is InChI=1S/C14H19Cl2NO2/c1-10(9-15)4-3-7-17-14(18)12-8-11(16)5-6-13(12)19-2/h5-6,8,10H,3-4,7,9H2,1-2H3,(H,17,18). The monoisotopic (exact) mass is 303 g/mol. The van der Waals surface area contributed by atoms with Gasteiger partial charge in [-0.2, -0.15) is 0 Å². The summed E-state index contributed by atoms with van der Waals surface area (Å²) in [6.45, 7) is 2.71. The lowest BCUT2D eigenvalue weighted by molar-refractivity contribution is 0.0949. The topological polar surface area (TPSA) is 38.3 Å². The number of benzene rings is 1. The summed E-state index contributed by atoms with van der Waals surface area (Å²) in [7, 11) is 1.53. The predicted octanol–water partition coefficient (Wildman–Crippen LogP) is 3.73. The van der Waals surface area contributed by atoms with Gasteiger partial charge in [0.05, 0.1) is 12.7 Å². The Kier molecular flexibility index (Phi) is 7.03. The first-order valence-electron chi connectivity index (χ1n) is 6.26. The van der Waals surface area contributed by atoms with Crippen LogP contribution in [0.25, 0.3) is 0 Å². The third-order valence-electron chi connectivity index (χ3n) is 2.83. The Balaban J connectivity index is 2.51. The molecule has 0 fully saturated rings. The average Bonchev–Trinajstić information content (AvgIpc) is 2.42. The van der Waals surface area contributed by atoms with E-state index in [-0.39, 0.29) is 5.91 Å². The molecule has 3 nitrogen and oxygen atoms in total. The molecule has 0 aliphatic carbocycles. The summed E-state index contributed by atoms with van der Waals surface area (Å²) < 4.78 is 5.15. The van der Waals surface area contributed by atoms with Gasteiger partial charge in [-0.15, -0.1) is 11.6 Å². The van der Waals surface area contributed by atoms with Crippen LogP contribution in [0.5, 0.6) is 5.75 Å². The molecule has 0 spiro atoms. The number of alkyl halides is 1. The zero-order chi connectivity index (χ0) is 14.3. The fourth-order valence-electron chi connectivity index (χ4n) is 1.68. The molecule has 0 saturated heterocycles. The van der Waals surface area contributed by atoms with Gasteiger partial charge in [0.15, 0.2) is 0 Å². The Labute approximate surface area is 124 Å². The molecule has 1 unspecified atom stereocenters. The second-order valence-electron chi connectivity index (χ2n) is 4.50. The molecule has 0 saturated carbocycles. The molecule has 0 aliphatic heterocycles. The van der Waals surface area contributed by atoms with Crippen LogP contribution in [0.15, 0.2) is 18.2 Å². The van der Waals surface area contributed by atoms with Crippen LogP contribution < -0.4 is 10.1 Å². The van der Waals surface area contributed by atoms with Gasteiger partial charge in [0.25, 0.3) is 5.91 Å². The van der Waals surface area contributed by atoms with Crippen molar-refractivity contribution in [2.75, 3.05) is 19.5 Å². The van der Waals surface area contributed by atoms with Gasteiger partial charge in [0.1, 0.15) is 5.75 Å². The Hall–Kier alpha value is -0.930. The summed E-state index contributed by atoms with van der Waals surface area (Å²) in [5.41, 5.74) is 0.459. The molecule has 1 N–H and O–H groups in total. The molecule has 0 heterocycles. The van der Waals surface area contributed by atoms with Gasteiger partial charge in [-0.1, -0.05) is 18.5 Å². The van der Waals surface area contributed by atoms with E-state index in [1.807, 2.05) is 0 Å². The van der Waals surface area contributed by atoms with E-state index in [0.29, 0.717) is 34.7 Å². The molecule has 106 valence electrons. The van der Waals surface area contributed by atoms with E-state index in [4.69, 9.17) is 27.9 Å². The van der Waals surface area contributed by atoms with Crippen LogP contribution in [-0.2, 0) is 0 Å². The van der Waals surface area contributed by atoms with E-state index in [1.165, 1.54) is 7.11 Å². The SMILES string of the molecule is COc1ccc(Cl)cc1C(=O)NCCCC(C)CCl. The van der Waals surface area contributed by atoms with Crippen molar-refractivity contribution in [3.8, 4) is 5.75 Å². The van der Waals surface area contributed by atoms with Crippen LogP contribution in [0.3, 0.4) is 0 Å². The highest BCUT2D eigenvalue weighted by molar-refractivity contribution is 6.31. The first-order chi connectivity index (χ1) is 9.08. The number of carbonyl (C=O) groups is 1. The lowest BCUT2D eigenvalue weighted by atomic mass is 10.1. The highest BCUT2D eigenvalue weighted by Gasteiger charge is 2.12. The minimum atomic E-state index is -0.169. The number of amides is 1. The van der Waals surface area contributed by atoms with Crippen molar-refractivity contribution in [1.29, 1.82) is 0 Å². The predicted molar refractivity (Wildman–Crippen MR) is 79.5 cm³/mol. The number of halogens is 2. The lowest BCUT2D eigenvalue weighted by Crippen LogP contribution is -2.25. The van der Waals surface area contributed by atoms with Gasteiger partial charge in [0.2, 0.25) is 0 Å². The van der Waals surface area contributed by atoms with Gasteiger partial charge in [-0.25, -0.2) is 0 Å². The fourth-order valence-corrected chi connectivity index (χ4v) is 2.01. The summed E-state index contributed by atoms with van der Waals surface area (Å²) >= 11 is 11.6. The van der Waals surface area contributed by atoms with Gasteiger partial charge in [0, 0.05) is 17.4 Å². The van der Waals surface area contributed by atoms with E-state index in [1.54, 1.807) is 18.2 Å². The van der Waals surface area contributed by atoms with Gasteiger partial charge in [-0.3, -0.25) is 4.79 Å². The Morgan fingerprint density at radius 1 is 1.47 bits per heavy atom. The maximum Gasteiger partial charge on any atom is 0.255 e. The second kappa shape index (κ2) is 8.28. The maximum absolute atomic E-state index is 12.0. The first kappa shape index (κ1) is 16.1. The number of carbonyl (C=O) groups excluding carboxylic acids is 1. The first-order valence-corrected chi connectivity index (χ1v) is 7.17. The number of rotatable bonds is 7. The van der Waals surface area contributed by atoms with Crippen LogP contribution in [0.1, 0.15) is 30.1 Å². The molecule has 0 bridgehead atoms. The summed E-state index contributed by atoms with van der Waals surface area (Å²) in [6.07, 6.45) is 1.90. The van der Waals surface area contributed by atoms with Crippen molar-refractivity contribution in [2.24, 2.45) is 5.92 Å². The lowest BCUT2D eigenvalue weighted by Gasteiger charge is -2.11. The summed E-state index contributed by atoms with van der Waals surface area (Å²) in [4.78, 5) is 12.0. The molecule has 1 rings (SSSR count). The number of methoxy groups -OCH3 is 1. The molecule has 5 heteroatoms. The van der Waals surface area contributed by atoms with E-state index in [0.717, 1.165) is 12.8 Å². The van der Waals surface area contributed by atoms with E-state index in [9.17, 15) is 4.79 Å². The number of nitrogens with one attached hydrogen (secondary N) is 1. The number of hydrogen-bond donors (Lipinski definition) is 1. The van der Waals surface area contributed by atoms with Gasteiger partial charge >= 0.3 is 0 Å². The van der Waals surface area contributed by atoms with E-state index in [2.05, 4.69) is 12.2 Å². The summed E-state index contributed by atoms with van der Waals surface area (Å²) in [5, 5.41) is 3.38. The molecule has 19 heavy (non-hydrogen) atoms. The molecular formula is C14H19Cl2NO2. The molecule has 1 aromatic carbocycles. The summed E-state index contributed by atoms with van der Waals surface area (Å²) in [5.74, 6) is 1.48. The third kappa shape index (κ3) is 5.29.